The summed E-state index contributed by atoms with van der Waals surface area (Å²) in [6, 6.07) is 0. The van der Waals surface area contributed by atoms with Gasteiger partial charge in [-0.15, -0.1) is 0 Å². The first-order valence-electron chi connectivity index (χ1n) is 36.3. The predicted octanol–water partition coefficient (Wildman–Crippen LogP) is 1.36. The summed E-state index contributed by atoms with van der Waals surface area (Å²) >= 11 is 0. The molecule has 1 saturated heterocycles. The summed E-state index contributed by atoms with van der Waals surface area (Å²) in [6.07, 6.45) is 4.72. The number of imide groups is 1. The van der Waals surface area contributed by atoms with Gasteiger partial charge in [-0.1, -0.05) is 24.3 Å². The zero-order chi connectivity index (χ0) is 77.7. The summed E-state index contributed by atoms with van der Waals surface area (Å²) in [4.78, 5) is 103. The summed E-state index contributed by atoms with van der Waals surface area (Å²) < 4.78 is 101. The van der Waals surface area contributed by atoms with Crippen molar-refractivity contribution in [2.24, 2.45) is 11.8 Å². The first-order chi connectivity index (χ1) is 50.9. The Morgan fingerprint density at radius 1 is 0.396 bits per heavy atom. The minimum Gasteiger partial charge on any atom is -0.442 e. The van der Waals surface area contributed by atoms with Crippen molar-refractivity contribution in [3.05, 3.63) is 24.3 Å². The predicted molar refractivity (Wildman–Crippen MR) is 379 cm³/mol. The van der Waals surface area contributed by atoms with Crippen LogP contribution in [0.1, 0.15) is 88.0 Å². The summed E-state index contributed by atoms with van der Waals surface area (Å²) in [6.45, 7) is 24.7. The minimum atomic E-state index is -1.27. The second-order valence-electron chi connectivity index (χ2n) is 26.6. The summed E-state index contributed by atoms with van der Waals surface area (Å²) in [5.74, 6) is -2.01. The number of rotatable bonds is 69. The normalized spacial score (nSPS) is 15.3. The van der Waals surface area contributed by atoms with E-state index in [1.54, 1.807) is 86.6 Å². The Hall–Kier alpha value is -5.47. The lowest BCUT2D eigenvalue weighted by Gasteiger charge is -2.34. The van der Waals surface area contributed by atoms with Crippen LogP contribution in [0.5, 0.6) is 0 Å². The standard InChI is InChI=1S/C69H126N8O29/c1-66(2,3)104-63(83)74-101-50-47-95-39-34-89-29-21-72-59(79)16-26-100-55-69(53-98-23-12-18-70-19-27-87-32-37-92-43-45-96-48-51-102-75-64(84)105-67(4,5)6,54-99-25-15-58(78)71-20-28-88-33-38-93-44-46-97-49-52-103-76-65(85)106-68(7,8)9)73-60(80)17-24-86-31-36-91-41-42-94-40-35-90-30-22-77-61(81)56-13-10-11-14-57(56)62(77)82/h10-11,13-14,56-57,59,70,72,79H,12,15-55H2,1-9H3,(H,71,78)(H,73,80)(H,74,83)(H,75,84)(H,76,85). The molecule has 1 aliphatic heterocycles. The van der Waals surface area contributed by atoms with E-state index in [2.05, 4.69) is 37.7 Å². The van der Waals surface area contributed by atoms with Crippen LogP contribution in [0.4, 0.5) is 14.4 Å². The molecule has 8 N–H and O–H groups in total. The monoisotopic (exact) mass is 1530 g/mol. The van der Waals surface area contributed by atoms with Crippen LogP contribution in [0.2, 0.25) is 0 Å². The average Bonchev–Trinajstić information content (AvgIpc) is 1.64. The van der Waals surface area contributed by atoms with E-state index in [0.29, 0.717) is 85.5 Å². The topological polar surface area (TPSA) is 421 Å². The molecular formula is C69H126N8O29. The third kappa shape index (κ3) is 56.7. The van der Waals surface area contributed by atoms with E-state index < -0.39 is 58.7 Å². The Morgan fingerprint density at radius 2 is 0.736 bits per heavy atom. The molecule has 2 rings (SSSR count). The van der Waals surface area contributed by atoms with E-state index in [1.165, 1.54) is 4.90 Å². The van der Waals surface area contributed by atoms with Crippen LogP contribution < -0.4 is 37.7 Å². The second kappa shape index (κ2) is 61.3. The highest BCUT2D eigenvalue weighted by molar-refractivity contribution is 6.07. The molecule has 0 bridgehead atoms. The fraction of sp³-hybridized carbons (Fsp3) is 0.841. The summed E-state index contributed by atoms with van der Waals surface area (Å²) in [7, 11) is 0. The van der Waals surface area contributed by atoms with Gasteiger partial charge < -0.3 is 106 Å². The molecule has 37 heteroatoms. The fourth-order valence-electron chi connectivity index (χ4n) is 8.86. The molecule has 0 saturated carbocycles. The molecule has 1 heterocycles. The van der Waals surface area contributed by atoms with E-state index in [0.717, 1.165) is 0 Å². The number of allylic oxidation sites excluding steroid dienone is 2. The third-order valence-corrected chi connectivity index (χ3v) is 13.6. The molecule has 4 atom stereocenters. The maximum absolute atomic E-state index is 13.8. The Kier molecular flexibility index (Phi) is 55.9. The Bertz CT molecular complexity index is 2340. The van der Waals surface area contributed by atoms with Crippen LogP contribution in [0, 0.1) is 11.8 Å². The van der Waals surface area contributed by atoms with E-state index in [4.69, 9.17) is 99.8 Å². The Morgan fingerprint density at radius 3 is 1.16 bits per heavy atom. The zero-order valence-corrected chi connectivity index (χ0v) is 64.1. The first kappa shape index (κ1) is 96.6. The number of carbonyl (C=O) groups excluding carboxylic acids is 7. The van der Waals surface area contributed by atoms with Gasteiger partial charge in [0.05, 0.1) is 230 Å². The van der Waals surface area contributed by atoms with Crippen molar-refractivity contribution in [1.29, 1.82) is 0 Å². The van der Waals surface area contributed by atoms with Gasteiger partial charge in [-0.25, -0.2) is 14.4 Å². The van der Waals surface area contributed by atoms with Crippen molar-refractivity contribution in [3.8, 4) is 0 Å². The molecule has 0 spiro atoms. The number of nitrogens with zero attached hydrogens (tertiary/aromatic N) is 1. The van der Waals surface area contributed by atoms with Crippen molar-refractivity contribution < 1.29 is 138 Å². The maximum Gasteiger partial charge on any atom is 0.431 e. The van der Waals surface area contributed by atoms with Crippen molar-refractivity contribution in [2.75, 3.05) is 251 Å². The minimum absolute atomic E-state index is 0.0105. The van der Waals surface area contributed by atoms with Gasteiger partial charge in [-0.2, -0.15) is 16.4 Å². The highest BCUT2D eigenvalue weighted by atomic mass is 16.7. The molecule has 0 aromatic heterocycles. The molecule has 0 aromatic rings. The van der Waals surface area contributed by atoms with Crippen molar-refractivity contribution >= 4 is 41.9 Å². The number of carbonyl (C=O) groups is 7. The zero-order valence-electron chi connectivity index (χ0n) is 64.1. The van der Waals surface area contributed by atoms with Crippen LogP contribution in [0.25, 0.3) is 0 Å². The summed E-state index contributed by atoms with van der Waals surface area (Å²) in [5.41, 5.74) is 3.37. The summed E-state index contributed by atoms with van der Waals surface area (Å²) in [5, 5.41) is 23.0. The number of hydroxylamine groups is 3. The molecule has 0 aromatic carbocycles. The van der Waals surface area contributed by atoms with Gasteiger partial charge >= 0.3 is 18.3 Å². The van der Waals surface area contributed by atoms with Gasteiger partial charge in [0.25, 0.3) is 0 Å². The number of fused-ring (bicyclic) bond motifs is 1. The van der Waals surface area contributed by atoms with E-state index in [1.807, 2.05) is 0 Å². The number of hydrogen-bond donors (Lipinski definition) is 8. The van der Waals surface area contributed by atoms with E-state index >= 15 is 0 Å². The van der Waals surface area contributed by atoms with Gasteiger partial charge in [-0.05, 0) is 75.3 Å². The molecule has 37 nitrogen and oxygen atoms in total. The van der Waals surface area contributed by atoms with Gasteiger partial charge in [0.15, 0.2) is 0 Å². The smallest absolute Gasteiger partial charge is 0.431 e. The lowest BCUT2D eigenvalue weighted by Crippen LogP contribution is -2.59. The number of amides is 7. The average molecular weight is 1530 g/mol. The molecule has 2 aliphatic rings. The quantitative estimate of drug-likeness (QED) is 0.0140. The van der Waals surface area contributed by atoms with Gasteiger partial charge in [0.1, 0.15) is 28.6 Å². The van der Waals surface area contributed by atoms with Crippen LogP contribution in [0.3, 0.4) is 0 Å². The number of aliphatic hydroxyl groups is 1. The SMILES string of the molecule is CC(C)(C)OC(=O)NOCCOCCOCCNC(O)CCOCC(COCCCNCCOCCOCCOCCONC(=O)OC(C)(C)C)(COCCC(=O)NCCOCCOCCOCCONC(=O)OC(C)(C)C)NC(=O)CCOCCOCCOCCOCCN1C(=O)C2C=CC=CC2C1=O. The van der Waals surface area contributed by atoms with Crippen molar-refractivity contribution in [2.45, 2.75) is 117 Å². The molecule has 7 amide bonds. The van der Waals surface area contributed by atoms with Crippen LogP contribution in [0.15, 0.2) is 24.3 Å². The number of aliphatic hydroxyl groups excluding tert-OH is 1. The highest BCUT2D eigenvalue weighted by Crippen LogP contribution is 2.30. The van der Waals surface area contributed by atoms with Crippen molar-refractivity contribution in [1.82, 2.24) is 42.6 Å². The molecule has 1 aliphatic carbocycles. The highest BCUT2D eigenvalue weighted by Gasteiger charge is 2.45. The number of likely N-dealkylation sites (tertiary alicyclic amines) is 1. The van der Waals surface area contributed by atoms with Gasteiger partial charge in [0, 0.05) is 45.5 Å². The van der Waals surface area contributed by atoms with E-state index in [9.17, 15) is 38.7 Å². The Labute approximate surface area is 624 Å². The van der Waals surface area contributed by atoms with Crippen LogP contribution >= 0.6 is 0 Å². The molecule has 1 fully saturated rings. The molecule has 4 unspecified atom stereocenters. The third-order valence-electron chi connectivity index (χ3n) is 13.6. The molecule has 0 radical (unpaired) electrons. The lowest BCUT2D eigenvalue weighted by atomic mass is 9.91. The second-order valence-corrected chi connectivity index (χ2v) is 26.6. The fourth-order valence-corrected chi connectivity index (χ4v) is 8.86. The lowest BCUT2D eigenvalue weighted by molar-refractivity contribution is -0.140. The Balaban J connectivity index is 1.89. The molecule has 106 heavy (non-hydrogen) atoms. The van der Waals surface area contributed by atoms with Gasteiger partial charge in [-0.3, -0.25) is 43.9 Å². The van der Waals surface area contributed by atoms with Gasteiger partial charge in [0.2, 0.25) is 23.6 Å². The first-order valence-corrected chi connectivity index (χ1v) is 36.3. The number of ether oxygens (including phenoxy) is 18. The largest absolute Gasteiger partial charge is 0.442 e. The number of hydrogen-bond acceptors (Lipinski definition) is 31. The molecule has 616 valence electrons. The van der Waals surface area contributed by atoms with E-state index in [-0.39, 0.29) is 215 Å². The maximum atomic E-state index is 13.8. The van der Waals surface area contributed by atoms with Crippen molar-refractivity contribution in [3.63, 3.8) is 0 Å². The van der Waals surface area contributed by atoms with Crippen LogP contribution in [-0.4, -0.2) is 331 Å². The number of nitrogens with one attached hydrogen (secondary N) is 7. The van der Waals surface area contributed by atoms with Crippen LogP contribution in [-0.2, 0) is 119 Å². The molecular weight excluding hydrogens is 1400 g/mol.